The Balaban J connectivity index is 1.71. The normalized spacial score (nSPS) is 16.7. The van der Waals surface area contributed by atoms with Crippen LogP contribution in [0.25, 0.3) is 0 Å². The maximum atomic E-state index is 13.7. The molecule has 1 fully saturated rings. The van der Waals surface area contributed by atoms with E-state index < -0.39 is 71.0 Å². The lowest BCUT2D eigenvalue weighted by atomic mass is 9.76. The van der Waals surface area contributed by atoms with Crippen LogP contribution in [0.3, 0.4) is 0 Å². The molecule has 2 aromatic rings. The zero-order valence-corrected chi connectivity index (χ0v) is 26.8. The van der Waals surface area contributed by atoms with E-state index in [1.165, 1.54) is 45.2 Å². The van der Waals surface area contributed by atoms with Crippen molar-refractivity contribution in [2.75, 3.05) is 13.6 Å². The third-order valence-electron chi connectivity index (χ3n) is 8.19. The van der Waals surface area contributed by atoms with Crippen molar-refractivity contribution in [3.8, 4) is 0 Å². The number of ketones is 2. The number of carbonyl (C=O) groups excluding carboxylic acids is 6. The van der Waals surface area contributed by atoms with Gasteiger partial charge in [0.2, 0.25) is 5.91 Å². The Morgan fingerprint density at radius 2 is 1.53 bits per heavy atom. The van der Waals surface area contributed by atoms with E-state index in [9.17, 15) is 41.9 Å². The average molecular weight is 661 g/mol. The number of nitrogens with two attached hydrogens (primary N) is 1. The van der Waals surface area contributed by atoms with Crippen LogP contribution < -0.4 is 11.1 Å². The lowest BCUT2D eigenvalue weighted by molar-refractivity contribution is -0.180. The van der Waals surface area contributed by atoms with Gasteiger partial charge in [-0.05, 0) is 54.5 Å². The molecule has 0 bridgehead atoms. The fourth-order valence-electron chi connectivity index (χ4n) is 5.25. The number of halogens is 3. The molecule has 0 radical (unpaired) electrons. The van der Waals surface area contributed by atoms with Gasteiger partial charge in [0.05, 0.1) is 6.04 Å². The molecule has 11 nitrogen and oxygen atoms in total. The number of Topliss-reactive ketones (excluding diaryl/α,β-unsaturated/α-hetero) is 2. The highest BCUT2D eigenvalue weighted by atomic mass is 19.4. The van der Waals surface area contributed by atoms with Gasteiger partial charge in [-0.3, -0.25) is 24.0 Å². The Kier molecular flexibility index (Phi) is 11.7. The minimum Gasteiger partial charge on any atom is -0.444 e. The van der Waals surface area contributed by atoms with Gasteiger partial charge in [-0.2, -0.15) is 13.2 Å². The van der Waals surface area contributed by atoms with Gasteiger partial charge in [-0.15, -0.1) is 0 Å². The predicted molar refractivity (Wildman–Crippen MR) is 164 cm³/mol. The average Bonchev–Trinajstić information content (AvgIpc) is 3.53. The second-order valence-electron chi connectivity index (χ2n) is 12.1. The van der Waals surface area contributed by atoms with Crippen molar-refractivity contribution in [3.05, 3.63) is 71.3 Å². The molecule has 1 unspecified atom stereocenters. The summed E-state index contributed by atoms with van der Waals surface area (Å²) in [6, 6.07) is 11.6. The van der Waals surface area contributed by atoms with E-state index in [4.69, 9.17) is 10.5 Å². The number of hydrogen-bond acceptors (Lipinski definition) is 8. The summed E-state index contributed by atoms with van der Waals surface area (Å²) in [5, 5.41) is 2.61. The second kappa shape index (κ2) is 14.9. The third kappa shape index (κ3) is 8.23. The summed E-state index contributed by atoms with van der Waals surface area (Å²) < 4.78 is 45.5. The van der Waals surface area contributed by atoms with E-state index in [0.29, 0.717) is 0 Å². The molecule has 1 aliphatic heterocycles. The first-order chi connectivity index (χ1) is 21.9. The monoisotopic (exact) mass is 660 g/mol. The molecular weight excluding hydrogens is 621 g/mol. The summed E-state index contributed by atoms with van der Waals surface area (Å²) in [5.41, 5.74) is 3.87. The van der Waals surface area contributed by atoms with Gasteiger partial charge in [0, 0.05) is 24.7 Å². The number of carbonyl (C=O) groups is 6. The largest absolute Gasteiger partial charge is 0.452 e. The molecule has 254 valence electrons. The summed E-state index contributed by atoms with van der Waals surface area (Å²) in [5.74, 6) is -7.40. The summed E-state index contributed by atoms with van der Waals surface area (Å²) in [4.78, 5) is 79.7. The maximum absolute atomic E-state index is 13.7. The Labute approximate surface area is 270 Å². The molecular formula is C33H39F3N4O7. The molecule has 4 amide bonds. The van der Waals surface area contributed by atoms with Gasteiger partial charge in [0.1, 0.15) is 18.2 Å². The number of alkyl halides is 3. The van der Waals surface area contributed by atoms with Gasteiger partial charge in [0.25, 0.3) is 17.6 Å². The highest BCUT2D eigenvalue weighted by molar-refractivity contribution is 6.16. The molecule has 1 aliphatic rings. The molecule has 0 aliphatic carbocycles. The van der Waals surface area contributed by atoms with E-state index in [0.717, 1.165) is 15.4 Å². The number of nitrogens with zero attached hydrogens (tertiary/aromatic N) is 2. The zero-order chi connectivity index (χ0) is 35.3. The number of hydrogen-bond donors (Lipinski definition) is 2. The lowest BCUT2D eigenvalue weighted by Crippen LogP contribution is -2.67. The van der Waals surface area contributed by atoms with Crippen LogP contribution in [-0.2, 0) is 25.7 Å². The smallest absolute Gasteiger partial charge is 0.444 e. The van der Waals surface area contributed by atoms with Crippen molar-refractivity contribution < 1.29 is 46.7 Å². The van der Waals surface area contributed by atoms with E-state index in [2.05, 4.69) is 5.32 Å². The van der Waals surface area contributed by atoms with Gasteiger partial charge in [0.15, 0.2) is 5.78 Å². The highest BCUT2D eigenvalue weighted by Crippen LogP contribution is 2.32. The molecule has 0 spiro atoms. The van der Waals surface area contributed by atoms with Crippen LogP contribution in [0.15, 0.2) is 54.6 Å². The van der Waals surface area contributed by atoms with Crippen LogP contribution in [0.2, 0.25) is 0 Å². The first kappa shape index (κ1) is 36.9. The number of nitrogens with one attached hydrogen (secondary N) is 1. The summed E-state index contributed by atoms with van der Waals surface area (Å²) in [6.45, 7) is 5.72. The molecule has 1 saturated heterocycles. The third-order valence-corrected chi connectivity index (χ3v) is 8.19. The van der Waals surface area contributed by atoms with Crippen molar-refractivity contribution in [1.29, 1.82) is 0 Å². The number of likely N-dealkylation sites (tertiary alicyclic amines) is 1. The fraction of sp³-hybridized carbons (Fsp3) is 0.455. The maximum Gasteiger partial charge on any atom is 0.452 e. The van der Waals surface area contributed by atoms with Crippen molar-refractivity contribution in [1.82, 2.24) is 15.1 Å². The van der Waals surface area contributed by atoms with Crippen LogP contribution in [0.4, 0.5) is 18.0 Å². The van der Waals surface area contributed by atoms with E-state index >= 15 is 0 Å². The van der Waals surface area contributed by atoms with E-state index in [1.807, 2.05) is 6.07 Å². The van der Waals surface area contributed by atoms with E-state index in [-0.39, 0.29) is 37.1 Å². The molecule has 1 heterocycles. The van der Waals surface area contributed by atoms with Crippen LogP contribution in [0.1, 0.15) is 66.8 Å². The zero-order valence-electron chi connectivity index (χ0n) is 26.8. The molecule has 3 N–H and O–H groups in total. The molecule has 0 aromatic heterocycles. The first-order valence-corrected chi connectivity index (χ1v) is 15.1. The standard InChI is InChI=1S/C33H39F3N4O7/c1-19(2)25(29(44)40-17-9-12-24(40)26(41)32(37,20(3)4)30(45)33(34,35)36)38-27(42)22-13-15-23(16-14-22)28(43)39(5)31(46)47-18-21-10-7-6-8-11-21/h6-8,10-11,13-16,19-20,24-25H,9,12,17-18,37H2,1-5H3,(H,38,42)/t24-,25-,32?/m0/s1. The number of benzene rings is 2. The van der Waals surface area contributed by atoms with Crippen LogP contribution in [0, 0.1) is 11.8 Å². The van der Waals surface area contributed by atoms with E-state index in [1.54, 1.807) is 38.1 Å². The molecule has 2 aromatic carbocycles. The molecule has 0 saturated carbocycles. The van der Waals surface area contributed by atoms with Crippen molar-refractivity contribution in [2.24, 2.45) is 17.6 Å². The van der Waals surface area contributed by atoms with Crippen molar-refractivity contribution >= 4 is 35.4 Å². The van der Waals surface area contributed by atoms with Crippen LogP contribution in [-0.4, -0.2) is 82.6 Å². The molecule has 14 heteroatoms. The van der Waals surface area contributed by atoms with Gasteiger partial charge < -0.3 is 20.7 Å². The lowest BCUT2D eigenvalue weighted by Gasteiger charge is -2.37. The summed E-state index contributed by atoms with van der Waals surface area (Å²) in [7, 11) is 1.25. The SMILES string of the molecule is CC(C)[C@H](NC(=O)c1ccc(C(=O)N(C)C(=O)OCc2ccccc2)cc1)C(=O)N1CCC[C@H]1C(=O)C(N)(C(=O)C(F)(F)F)C(C)C. The Hall–Kier alpha value is -4.59. The van der Waals surface area contributed by atoms with Crippen LogP contribution >= 0.6 is 0 Å². The Morgan fingerprint density at radius 1 is 0.957 bits per heavy atom. The predicted octanol–water partition coefficient (Wildman–Crippen LogP) is 3.89. The number of imide groups is 1. The summed E-state index contributed by atoms with van der Waals surface area (Å²) >= 11 is 0. The highest BCUT2D eigenvalue weighted by Gasteiger charge is 2.59. The van der Waals surface area contributed by atoms with Gasteiger partial charge in [-0.1, -0.05) is 58.0 Å². The number of rotatable bonds is 11. The number of ether oxygens (including phenoxy) is 1. The quantitative estimate of drug-likeness (QED) is 0.344. The first-order valence-electron chi connectivity index (χ1n) is 15.1. The second-order valence-corrected chi connectivity index (χ2v) is 12.1. The molecule has 3 rings (SSSR count). The van der Waals surface area contributed by atoms with Gasteiger partial charge in [-0.25, -0.2) is 9.69 Å². The minimum absolute atomic E-state index is 0.00385. The molecule has 3 atom stereocenters. The Bertz CT molecular complexity index is 1500. The van der Waals surface area contributed by atoms with Crippen LogP contribution in [0.5, 0.6) is 0 Å². The molecule has 47 heavy (non-hydrogen) atoms. The number of amides is 4. The van der Waals surface area contributed by atoms with Crippen molar-refractivity contribution in [2.45, 2.75) is 70.9 Å². The Morgan fingerprint density at radius 3 is 2.06 bits per heavy atom. The van der Waals surface area contributed by atoms with Gasteiger partial charge >= 0.3 is 12.3 Å². The minimum atomic E-state index is -5.36. The summed E-state index contributed by atoms with van der Waals surface area (Å²) in [6.07, 6.45) is -5.96. The topological polar surface area (TPSA) is 156 Å². The van der Waals surface area contributed by atoms with Crippen molar-refractivity contribution in [3.63, 3.8) is 0 Å². The fourth-order valence-corrected chi connectivity index (χ4v) is 5.25.